The normalized spacial score (nSPS) is 11.6. The zero-order valence-electron chi connectivity index (χ0n) is 26.1. The highest BCUT2D eigenvalue weighted by atomic mass is 35.5. The number of carbonyl (C=O) groups excluding carboxylic acids is 3. The molecular weight excluding hydrogens is 646 g/mol. The smallest absolute Gasteiger partial charge is 0.272 e. The number of hydrogen-bond donors (Lipinski definition) is 3. The number of methoxy groups -OCH3 is 2. The summed E-state index contributed by atoms with van der Waals surface area (Å²) in [5, 5.41) is 8.40. The zero-order chi connectivity index (χ0) is 33.9. The highest BCUT2D eigenvalue weighted by Crippen LogP contribution is 2.37. The summed E-state index contributed by atoms with van der Waals surface area (Å²) in [6.07, 6.45) is 1.53. The molecule has 0 spiro atoms. The van der Waals surface area contributed by atoms with Gasteiger partial charge in [0.1, 0.15) is 22.4 Å². The first-order chi connectivity index (χ1) is 23.3. The number of amides is 3. The van der Waals surface area contributed by atoms with Gasteiger partial charge in [0, 0.05) is 21.7 Å². The summed E-state index contributed by atoms with van der Waals surface area (Å²) in [5.74, 6) is -0.186. The van der Waals surface area contributed by atoms with Crippen molar-refractivity contribution in [3.63, 3.8) is 0 Å². The number of hydrogen-bond acceptors (Lipinski definition) is 6. The van der Waals surface area contributed by atoms with Crippen molar-refractivity contribution in [2.24, 2.45) is 0 Å². The standard InChI is InChI=1S/C38H32ClN3O5S/c1-46-29-19-22-34(47-2)27(23-29)24-33(42-36(43)26-13-7-4-8-14-26)37(44)40-28-17-20-30(21-18-28)48-35(25-11-5-3-6-12-25)38(45)41-32-16-10-9-15-31(32)39/h3-24,35H,1-2H3,(H,40,44)(H,41,45)(H,42,43)/b33-24-. The lowest BCUT2D eigenvalue weighted by Crippen LogP contribution is -2.30. The Kier molecular flexibility index (Phi) is 11.5. The van der Waals surface area contributed by atoms with E-state index in [4.69, 9.17) is 21.1 Å². The third kappa shape index (κ3) is 8.85. The van der Waals surface area contributed by atoms with Gasteiger partial charge in [-0.15, -0.1) is 11.8 Å². The van der Waals surface area contributed by atoms with Crippen molar-refractivity contribution in [1.82, 2.24) is 5.32 Å². The molecule has 1 atom stereocenters. The Morgan fingerprint density at radius 3 is 2.08 bits per heavy atom. The molecule has 8 nitrogen and oxygen atoms in total. The van der Waals surface area contributed by atoms with E-state index in [1.807, 2.05) is 42.5 Å². The maximum absolute atomic E-state index is 13.6. The van der Waals surface area contributed by atoms with E-state index in [1.165, 1.54) is 32.1 Å². The predicted molar refractivity (Wildman–Crippen MR) is 192 cm³/mol. The Balaban J connectivity index is 1.37. The van der Waals surface area contributed by atoms with E-state index in [2.05, 4.69) is 16.0 Å². The van der Waals surface area contributed by atoms with E-state index < -0.39 is 17.1 Å². The molecule has 242 valence electrons. The Morgan fingerprint density at radius 1 is 0.750 bits per heavy atom. The lowest BCUT2D eigenvalue weighted by Gasteiger charge is -2.18. The largest absolute Gasteiger partial charge is 0.497 e. The lowest BCUT2D eigenvalue weighted by molar-refractivity contribution is -0.116. The van der Waals surface area contributed by atoms with Gasteiger partial charge in [0.25, 0.3) is 11.8 Å². The minimum absolute atomic E-state index is 0.00533. The Hall–Kier alpha value is -5.51. The molecule has 0 fully saturated rings. The monoisotopic (exact) mass is 677 g/mol. The summed E-state index contributed by atoms with van der Waals surface area (Å²) in [6, 6.07) is 37.4. The number of para-hydroxylation sites is 1. The molecule has 5 aromatic carbocycles. The lowest BCUT2D eigenvalue weighted by atomic mass is 10.1. The van der Waals surface area contributed by atoms with Crippen molar-refractivity contribution in [2.75, 3.05) is 24.9 Å². The van der Waals surface area contributed by atoms with Crippen molar-refractivity contribution in [3.8, 4) is 11.5 Å². The van der Waals surface area contributed by atoms with Gasteiger partial charge < -0.3 is 25.4 Å². The molecular formula is C38H32ClN3O5S. The van der Waals surface area contributed by atoms with Crippen molar-refractivity contribution in [2.45, 2.75) is 10.1 Å². The fourth-order valence-corrected chi connectivity index (χ4v) is 5.87. The van der Waals surface area contributed by atoms with Gasteiger partial charge in [0.05, 0.1) is 24.9 Å². The second-order valence-corrected chi connectivity index (χ2v) is 11.9. The van der Waals surface area contributed by atoms with Gasteiger partial charge in [-0.3, -0.25) is 14.4 Å². The van der Waals surface area contributed by atoms with Crippen LogP contribution in [0.5, 0.6) is 11.5 Å². The fraction of sp³-hybridized carbons (Fsp3) is 0.0789. The van der Waals surface area contributed by atoms with Gasteiger partial charge in [-0.2, -0.15) is 0 Å². The summed E-state index contributed by atoms with van der Waals surface area (Å²) in [7, 11) is 3.05. The second kappa shape index (κ2) is 16.4. The van der Waals surface area contributed by atoms with E-state index in [0.717, 1.165) is 10.5 Å². The maximum Gasteiger partial charge on any atom is 0.272 e. The number of carbonyl (C=O) groups is 3. The van der Waals surface area contributed by atoms with Crippen LogP contribution in [0.25, 0.3) is 6.08 Å². The number of ether oxygens (including phenoxy) is 2. The molecule has 0 saturated carbocycles. The van der Waals surface area contributed by atoms with Crippen LogP contribution in [0, 0.1) is 0 Å². The van der Waals surface area contributed by atoms with E-state index >= 15 is 0 Å². The number of halogens is 1. The molecule has 48 heavy (non-hydrogen) atoms. The van der Waals surface area contributed by atoms with Gasteiger partial charge in [-0.05, 0) is 78.4 Å². The Morgan fingerprint density at radius 2 is 1.42 bits per heavy atom. The van der Waals surface area contributed by atoms with Crippen LogP contribution in [-0.2, 0) is 9.59 Å². The zero-order valence-corrected chi connectivity index (χ0v) is 27.7. The molecule has 0 saturated heterocycles. The van der Waals surface area contributed by atoms with Crippen LogP contribution >= 0.6 is 23.4 Å². The Labute approximate surface area is 288 Å². The molecule has 1 unspecified atom stereocenters. The quantitative estimate of drug-likeness (QED) is 0.0908. The van der Waals surface area contributed by atoms with Crippen LogP contribution in [-0.4, -0.2) is 31.9 Å². The Bertz CT molecular complexity index is 1920. The third-order valence-corrected chi connectivity index (χ3v) is 8.70. The molecule has 10 heteroatoms. The van der Waals surface area contributed by atoms with Gasteiger partial charge >= 0.3 is 0 Å². The molecule has 5 rings (SSSR count). The summed E-state index contributed by atoms with van der Waals surface area (Å²) >= 11 is 7.66. The van der Waals surface area contributed by atoms with Crippen LogP contribution in [0.3, 0.4) is 0 Å². The van der Waals surface area contributed by atoms with E-state index in [1.54, 1.807) is 84.9 Å². The summed E-state index contributed by atoms with van der Waals surface area (Å²) < 4.78 is 10.8. The van der Waals surface area contributed by atoms with Crippen molar-refractivity contribution < 1.29 is 23.9 Å². The van der Waals surface area contributed by atoms with Gasteiger partial charge in [0.15, 0.2) is 0 Å². The number of rotatable bonds is 12. The highest BCUT2D eigenvalue weighted by Gasteiger charge is 2.23. The van der Waals surface area contributed by atoms with Crippen molar-refractivity contribution in [3.05, 3.63) is 155 Å². The number of nitrogens with one attached hydrogen (secondary N) is 3. The maximum atomic E-state index is 13.6. The predicted octanol–water partition coefficient (Wildman–Crippen LogP) is 8.24. The first-order valence-electron chi connectivity index (χ1n) is 14.8. The molecule has 0 bridgehead atoms. The van der Waals surface area contributed by atoms with Crippen LogP contribution < -0.4 is 25.4 Å². The summed E-state index contributed by atoms with van der Waals surface area (Å²) in [4.78, 5) is 41.0. The van der Waals surface area contributed by atoms with Crippen LogP contribution in [0.1, 0.15) is 26.7 Å². The number of anilines is 2. The third-order valence-electron chi connectivity index (χ3n) is 7.10. The molecule has 0 heterocycles. The van der Waals surface area contributed by atoms with E-state index in [9.17, 15) is 14.4 Å². The van der Waals surface area contributed by atoms with Crippen molar-refractivity contribution >= 4 is 58.5 Å². The average molecular weight is 678 g/mol. The first-order valence-corrected chi connectivity index (χ1v) is 16.1. The highest BCUT2D eigenvalue weighted by molar-refractivity contribution is 8.00. The number of thioether (sulfide) groups is 1. The van der Waals surface area contributed by atoms with E-state index in [0.29, 0.717) is 39.0 Å². The molecule has 3 amide bonds. The van der Waals surface area contributed by atoms with Crippen LogP contribution in [0.4, 0.5) is 11.4 Å². The fourth-order valence-electron chi connectivity index (χ4n) is 4.66. The van der Waals surface area contributed by atoms with Crippen LogP contribution in [0.2, 0.25) is 5.02 Å². The summed E-state index contributed by atoms with van der Waals surface area (Å²) in [5.41, 5.74) is 2.75. The van der Waals surface area contributed by atoms with Crippen molar-refractivity contribution in [1.29, 1.82) is 0 Å². The van der Waals surface area contributed by atoms with Crippen LogP contribution in [0.15, 0.2) is 138 Å². The molecule has 0 aliphatic carbocycles. The first kappa shape index (κ1) is 33.8. The molecule has 0 aliphatic rings. The second-order valence-electron chi connectivity index (χ2n) is 10.3. The van der Waals surface area contributed by atoms with Gasteiger partial charge in [0.2, 0.25) is 5.91 Å². The molecule has 0 aromatic heterocycles. The average Bonchev–Trinajstić information content (AvgIpc) is 3.12. The molecule has 0 radical (unpaired) electrons. The van der Waals surface area contributed by atoms with Gasteiger partial charge in [-0.25, -0.2) is 0 Å². The SMILES string of the molecule is COc1ccc(OC)c(/C=C(\NC(=O)c2ccccc2)C(=O)Nc2ccc(SC(C(=O)Nc3ccccc3Cl)c3ccccc3)cc2)c1. The number of benzene rings is 5. The van der Waals surface area contributed by atoms with Gasteiger partial charge in [-0.1, -0.05) is 72.3 Å². The molecule has 0 aliphatic heterocycles. The molecule has 3 N–H and O–H groups in total. The topological polar surface area (TPSA) is 106 Å². The van der Waals surface area contributed by atoms with E-state index in [-0.39, 0.29) is 11.6 Å². The molecule has 5 aromatic rings. The summed E-state index contributed by atoms with van der Waals surface area (Å²) in [6.45, 7) is 0. The minimum atomic E-state index is -0.580. The minimum Gasteiger partial charge on any atom is -0.497 e.